The third-order valence-corrected chi connectivity index (χ3v) is 3.86. The Morgan fingerprint density at radius 1 is 1.25 bits per heavy atom. The number of aryl methyl sites for hydroxylation is 1. The lowest BCUT2D eigenvalue weighted by Crippen LogP contribution is -2.14. The summed E-state index contributed by atoms with van der Waals surface area (Å²) in [5.74, 6) is -0.141. The molecular formula is C15H14N4O. The predicted octanol–water partition coefficient (Wildman–Crippen LogP) is 2.63. The minimum Gasteiger partial charge on any atom is -0.361 e. The average Bonchev–Trinajstić information content (AvgIpc) is 3.14. The zero-order valence-electron chi connectivity index (χ0n) is 10.9. The quantitative estimate of drug-likeness (QED) is 0.667. The number of carbonyl (C=O) groups is 1. The number of carbonyl (C=O) groups excluding carboxylic acids is 1. The van der Waals surface area contributed by atoms with Gasteiger partial charge in [-0.15, -0.1) is 0 Å². The van der Waals surface area contributed by atoms with Crippen molar-refractivity contribution in [3.05, 3.63) is 47.4 Å². The number of hydrogen-bond acceptors (Lipinski definition) is 2. The third kappa shape index (κ3) is 1.63. The summed E-state index contributed by atoms with van der Waals surface area (Å²) in [6.07, 6.45) is 4.88. The molecule has 3 N–H and O–H groups in total. The van der Waals surface area contributed by atoms with Gasteiger partial charge >= 0.3 is 0 Å². The van der Waals surface area contributed by atoms with Gasteiger partial charge in [0.1, 0.15) is 0 Å². The number of amides is 1. The van der Waals surface area contributed by atoms with E-state index in [4.69, 9.17) is 0 Å². The number of aromatic nitrogens is 3. The minimum absolute atomic E-state index is 0.141. The Bertz CT molecular complexity index is 799. The molecule has 0 bridgehead atoms. The van der Waals surface area contributed by atoms with Crippen molar-refractivity contribution in [2.45, 2.75) is 19.3 Å². The fourth-order valence-corrected chi connectivity index (χ4v) is 2.88. The maximum Gasteiger partial charge on any atom is 0.276 e. The van der Waals surface area contributed by atoms with Crippen molar-refractivity contribution in [1.82, 2.24) is 15.2 Å². The van der Waals surface area contributed by atoms with Gasteiger partial charge < -0.3 is 10.3 Å². The predicted molar refractivity (Wildman–Crippen MR) is 76.9 cm³/mol. The van der Waals surface area contributed by atoms with E-state index in [2.05, 4.69) is 20.5 Å². The first-order valence-corrected chi connectivity index (χ1v) is 6.76. The van der Waals surface area contributed by atoms with Crippen molar-refractivity contribution in [3.63, 3.8) is 0 Å². The molecule has 2 aromatic heterocycles. The van der Waals surface area contributed by atoms with Crippen LogP contribution >= 0.6 is 0 Å². The molecular weight excluding hydrogens is 252 g/mol. The van der Waals surface area contributed by atoms with Gasteiger partial charge in [-0.05, 0) is 37.5 Å². The van der Waals surface area contributed by atoms with Crippen molar-refractivity contribution in [3.8, 4) is 0 Å². The highest BCUT2D eigenvalue weighted by Crippen LogP contribution is 2.25. The Morgan fingerprint density at radius 3 is 3.15 bits per heavy atom. The molecule has 0 radical (unpaired) electrons. The molecule has 20 heavy (non-hydrogen) atoms. The maximum atomic E-state index is 12.4. The van der Waals surface area contributed by atoms with Gasteiger partial charge in [0, 0.05) is 28.4 Å². The van der Waals surface area contributed by atoms with Gasteiger partial charge in [-0.3, -0.25) is 9.89 Å². The van der Waals surface area contributed by atoms with Crippen LogP contribution in [-0.2, 0) is 12.8 Å². The molecule has 0 saturated heterocycles. The first-order valence-electron chi connectivity index (χ1n) is 6.76. The topological polar surface area (TPSA) is 73.6 Å². The number of hydrogen-bond donors (Lipinski definition) is 3. The molecule has 2 heterocycles. The molecule has 0 fully saturated rings. The summed E-state index contributed by atoms with van der Waals surface area (Å²) in [5, 5.41) is 11.1. The molecule has 0 unspecified atom stereocenters. The molecule has 1 aliphatic rings. The zero-order valence-corrected chi connectivity index (χ0v) is 10.9. The first kappa shape index (κ1) is 11.3. The van der Waals surface area contributed by atoms with Gasteiger partial charge in [0.05, 0.1) is 5.69 Å². The molecule has 1 aliphatic carbocycles. The van der Waals surface area contributed by atoms with Gasteiger partial charge in [0.15, 0.2) is 5.69 Å². The number of rotatable bonds is 2. The Labute approximate surface area is 115 Å². The molecule has 4 rings (SSSR count). The van der Waals surface area contributed by atoms with E-state index in [1.807, 2.05) is 30.5 Å². The molecule has 100 valence electrons. The van der Waals surface area contributed by atoms with Crippen molar-refractivity contribution in [1.29, 1.82) is 0 Å². The summed E-state index contributed by atoms with van der Waals surface area (Å²) in [6.45, 7) is 0. The summed E-state index contributed by atoms with van der Waals surface area (Å²) in [7, 11) is 0. The number of nitrogens with one attached hydrogen (secondary N) is 3. The van der Waals surface area contributed by atoms with Crippen molar-refractivity contribution < 1.29 is 4.79 Å². The lowest BCUT2D eigenvalue weighted by molar-refractivity contribution is 0.102. The fraction of sp³-hybridized carbons (Fsp3) is 0.200. The van der Waals surface area contributed by atoms with Crippen molar-refractivity contribution in [2.75, 3.05) is 5.32 Å². The van der Waals surface area contributed by atoms with Crippen LogP contribution in [-0.4, -0.2) is 21.1 Å². The van der Waals surface area contributed by atoms with Gasteiger partial charge in [-0.1, -0.05) is 6.07 Å². The molecule has 5 nitrogen and oxygen atoms in total. The number of nitrogens with zero attached hydrogens (tertiary/aromatic N) is 1. The molecule has 1 amide bonds. The van der Waals surface area contributed by atoms with Crippen LogP contribution in [0.25, 0.3) is 10.9 Å². The highest BCUT2D eigenvalue weighted by molar-refractivity contribution is 6.08. The van der Waals surface area contributed by atoms with E-state index in [-0.39, 0.29) is 5.91 Å². The van der Waals surface area contributed by atoms with Crippen LogP contribution in [0.3, 0.4) is 0 Å². The van der Waals surface area contributed by atoms with Gasteiger partial charge in [0.25, 0.3) is 5.91 Å². The van der Waals surface area contributed by atoms with E-state index in [1.165, 1.54) is 0 Å². The van der Waals surface area contributed by atoms with E-state index < -0.39 is 0 Å². The van der Waals surface area contributed by atoms with Crippen LogP contribution in [0, 0.1) is 0 Å². The summed E-state index contributed by atoms with van der Waals surface area (Å²) < 4.78 is 0. The second-order valence-corrected chi connectivity index (χ2v) is 5.08. The van der Waals surface area contributed by atoms with Gasteiger partial charge in [0.2, 0.25) is 0 Å². The highest BCUT2D eigenvalue weighted by atomic mass is 16.1. The minimum atomic E-state index is -0.141. The normalized spacial score (nSPS) is 13.6. The van der Waals surface area contributed by atoms with E-state index in [0.29, 0.717) is 5.69 Å². The van der Waals surface area contributed by atoms with Crippen molar-refractivity contribution in [2.24, 2.45) is 0 Å². The van der Waals surface area contributed by atoms with Crippen LogP contribution in [0.1, 0.15) is 28.2 Å². The van der Waals surface area contributed by atoms with Crippen LogP contribution < -0.4 is 5.32 Å². The Balaban J connectivity index is 1.68. The first-order chi connectivity index (χ1) is 9.83. The maximum absolute atomic E-state index is 12.4. The molecule has 0 aliphatic heterocycles. The second-order valence-electron chi connectivity index (χ2n) is 5.08. The standard InChI is InChI=1S/C15H14N4O/c20-15(14-10-3-1-6-13(10)18-19-14)17-12-5-2-4-11-9(12)7-8-16-11/h2,4-5,7-8,16H,1,3,6H2,(H,17,20)(H,18,19). The highest BCUT2D eigenvalue weighted by Gasteiger charge is 2.23. The molecule has 1 aromatic carbocycles. The van der Waals surface area contributed by atoms with Crippen LogP contribution in [0.15, 0.2) is 30.5 Å². The number of benzene rings is 1. The fourth-order valence-electron chi connectivity index (χ4n) is 2.88. The molecule has 5 heteroatoms. The SMILES string of the molecule is O=C(Nc1cccc2[nH]ccc12)c1n[nH]c2c1CCC2. The molecule has 0 spiro atoms. The summed E-state index contributed by atoms with van der Waals surface area (Å²) in [5.41, 5.74) is 4.53. The average molecular weight is 266 g/mol. The Kier molecular flexibility index (Phi) is 2.39. The molecule has 0 saturated carbocycles. The van der Waals surface area contributed by atoms with E-state index in [1.54, 1.807) is 0 Å². The summed E-state index contributed by atoms with van der Waals surface area (Å²) in [4.78, 5) is 15.5. The molecule has 0 atom stereocenters. The second kappa shape index (κ2) is 4.23. The lowest BCUT2D eigenvalue weighted by atomic mass is 10.1. The largest absolute Gasteiger partial charge is 0.361 e. The third-order valence-electron chi connectivity index (χ3n) is 3.86. The monoisotopic (exact) mass is 266 g/mol. The van der Waals surface area contributed by atoms with Crippen LogP contribution in [0.5, 0.6) is 0 Å². The van der Waals surface area contributed by atoms with E-state index in [9.17, 15) is 4.79 Å². The zero-order chi connectivity index (χ0) is 13.5. The summed E-state index contributed by atoms with van der Waals surface area (Å²) >= 11 is 0. The Morgan fingerprint density at radius 2 is 2.20 bits per heavy atom. The molecule has 3 aromatic rings. The smallest absolute Gasteiger partial charge is 0.276 e. The van der Waals surface area contributed by atoms with Gasteiger partial charge in [-0.25, -0.2) is 0 Å². The summed E-state index contributed by atoms with van der Waals surface area (Å²) in [6, 6.07) is 7.77. The number of anilines is 1. The Hall–Kier alpha value is -2.56. The van der Waals surface area contributed by atoms with E-state index in [0.717, 1.165) is 47.1 Å². The number of H-pyrrole nitrogens is 2. The number of fused-ring (bicyclic) bond motifs is 2. The van der Waals surface area contributed by atoms with E-state index >= 15 is 0 Å². The van der Waals surface area contributed by atoms with Crippen molar-refractivity contribution >= 4 is 22.5 Å². The lowest BCUT2D eigenvalue weighted by Gasteiger charge is -2.05. The van der Waals surface area contributed by atoms with Gasteiger partial charge in [-0.2, -0.15) is 5.10 Å². The van der Waals surface area contributed by atoms with Crippen LogP contribution in [0.4, 0.5) is 5.69 Å². The number of aromatic amines is 2. The van der Waals surface area contributed by atoms with Crippen LogP contribution in [0.2, 0.25) is 0 Å².